The fraction of sp³-hybridized carbons (Fsp3) is 0.286. The first kappa shape index (κ1) is 22.6. The number of fused-ring (bicyclic) bond motifs is 1. The molecule has 4 rings (SSSR count). The van der Waals surface area contributed by atoms with Gasteiger partial charge in [-0.2, -0.15) is 0 Å². The predicted molar refractivity (Wildman–Crippen MR) is 130 cm³/mol. The molecule has 170 valence electrons. The van der Waals surface area contributed by atoms with Crippen LogP contribution in [0.25, 0.3) is 16.5 Å². The molecule has 1 aliphatic heterocycles. The first-order chi connectivity index (χ1) is 16.1. The van der Waals surface area contributed by atoms with Crippen LogP contribution in [0.5, 0.6) is 5.75 Å². The van der Waals surface area contributed by atoms with Gasteiger partial charge in [0.1, 0.15) is 11.5 Å². The van der Waals surface area contributed by atoms with Crippen molar-refractivity contribution in [3.8, 4) is 5.75 Å². The number of carbonyl (C=O) groups is 2. The maximum Gasteiger partial charge on any atom is 0.295 e. The summed E-state index contributed by atoms with van der Waals surface area (Å²) in [4.78, 5) is 27.9. The Morgan fingerprint density at radius 3 is 2.52 bits per heavy atom. The number of likely N-dealkylation sites (tertiary alicyclic amines) is 1. The van der Waals surface area contributed by atoms with Gasteiger partial charge in [0.25, 0.3) is 11.7 Å². The van der Waals surface area contributed by atoms with E-state index in [0.29, 0.717) is 24.5 Å². The highest BCUT2D eigenvalue weighted by Crippen LogP contribution is 2.42. The first-order valence-corrected chi connectivity index (χ1v) is 11.6. The molecule has 0 radical (unpaired) electrons. The predicted octanol–water partition coefficient (Wildman–Crippen LogP) is 5.85. The fourth-order valence-electron chi connectivity index (χ4n) is 4.36. The first-order valence-electron chi connectivity index (χ1n) is 11.6. The topological polar surface area (TPSA) is 66.8 Å². The molecule has 5 heteroatoms. The van der Waals surface area contributed by atoms with Crippen molar-refractivity contribution in [2.75, 3.05) is 13.2 Å². The SMILES string of the molecule is CCCCN1C(=O)C(=O)/C(=C(\O)c2cccc(OCCC)c2)C1c1cccc2ccccc12. The van der Waals surface area contributed by atoms with Crippen molar-refractivity contribution in [3.05, 3.63) is 83.4 Å². The van der Waals surface area contributed by atoms with E-state index in [0.717, 1.165) is 35.6 Å². The van der Waals surface area contributed by atoms with Gasteiger partial charge in [-0.1, -0.05) is 74.9 Å². The van der Waals surface area contributed by atoms with Gasteiger partial charge in [-0.3, -0.25) is 9.59 Å². The van der Waals surface area contributed by atoms with E-state index in [1.807, 2.05) is 62.4 Å². The van der Waals surface area contributed by atoms with Crippen molar-refractivity contribution < 1.29 is 19.4 Å². The Labute approximate surface area is 194 Å². The lowest BCUT2D eigenvalue weighted by molar-refractivity contribution is -0.139. The lowest BCUT2D eigenvalue weighted by Gasteiger charge is -2.26. The number of Topliss-reactive ketones (excluding diaryl/α,β-unsaturated/α-hetero) is 1. The van der Waals surface area contributed by atoms with E-state index in [2.05, 4.69) is 0 Å². The van der Waals surface area contributed by atoms with Crippen LogP contribution >= 0.6 is 0 Å². The van der Waals surface area contributed by atoms with Gasteiger partial charge in [-0.15, -0.1) is 0 Å². The Hall–Kier alpha value is -3.60. The Morgan fingerprint density at radius 2 is 1.73 bits per heavy atom. The van der Waals surface area contributed by atoms with Gasteiger partial charge in [0.2, 0.25) is 0 Å². The maximum absolute atomic E-state index is 13.2. The number of ether oxygens (including phenoxy) is 1. The Bertz CT molecular complexity index is 1210. The third kappa shape index (κ3) is 4.36. The number of unbranched alkanes of at least 4 members (excludes halogenated alkanes) is 1. The third-order valence-electron chi connectivity index (χ3n) is 5.99. The summed E-state index contributed by atoms with van der Waals surface area (Å²) in [6, 6.07) is 20.2. The van der Waals surface area contributed by atoms with Crippen molar-refractivity contribution in [1.82, 2.24) is 4.90 Å². The molecular formula is C28H29NO4. The second-order valence-corrected chi connectivity index (χ2v) is 8.29. The number of rotatable bonds is 8. The number of hydrogen-bond donors (Lipinski definition) is 1. The lowest BCUT2D eigenvalue weighted by atomic mass is 9.91. The number of aliphatic hydroxyl groups excluding tert-OH is 1. The minimum absolute atomic E-state index is 0.125. The van der Waals surface area contributed by atoms with Crippen molar-refractivity contribution in [2.45, 2.75) is 39.2 Å². The molecule has 0 aromatic heterocycles. The smallest absolute Gasteiger partial charge is 0.295 e. The van der Waals surface area contributed by atoms with Gasteiger partial charge in [0.05, 0.1) is 18.2 Å². The molecule has 1 fully saturated rings. The van der Waals surface area contributed by atoms with E-state index in [1.54, 1.807) is 23.1 Å². The van der Waals surface area contributed by atoms with Crippen molar-refractivity contribution in [1.29, 1.82) is 0 Å². The molecule has 5 nitrogen and oxygen atoms in total. The van der Waals surface area contributed by atoms with Crippen molar-refractivity contribution in [2.24, 2.45) is 0 Å². The van der Waals surface area contributed by atoms with Gasteiger partial charge < -0.3 is 14.7 Å². The van der Waals surface area contributed by atoms with E-state index in [4.69, 9.17) is 4.74 Å². The third-order valence-corrected chi connectivity index (χ3v) is 5.99. The van der Waals surface area contributed by atoms with Crippen LogP contribution < -0.4 is 4.74 Å². The molecule has 1 aliphatic rings. The molecule has 3 aromatic rings. The fourth-order valence-corrected chi connectivity index (χ4v) is 4.36. The van der Waals surface area contributed by atoms with E-state index in [-0.39, 0.29) is 11.3 Å². The van der Waals surface area contributed by atoms with Crippen molar-refractivity contribution >= 4 is 28.2 Å². The number of carbonyl (C=O) groups excluding carboxylic acids is 2. The Kier molecular flexibility index (Phi) is 6.78. The highest BCUT2D eigenvalue weighted by molar-refractivity contribution is 6.46. The van der Waals surface area contributed by atoms with Gasteiger partial charge in [-0.05, 0) is 41.3 Å². The average Bonchev–Trinajstić information content (AvgIpc) is 3.10. The molecule has 3 aromatic carbocycles. The normalized spacial score (nSPS) is 17.6. The summed E-state index contributed by atoms with van der Waals surface area (Å²) in [7, 11) is 0. The highest BCUT2D eigenvalue weighted by Gasteiger charge is 2.46. The quantitative estimate of drug-likeness (QED) is 0.269. The number of benzene rings is 3. The molecule has 1 atom stereocenters. The van der Waals surface area contributed by atoms with Crippen LogP contribution in [0.2, 0.25) is 0 Å². The van der Waals surface area contributed by atoms with Crippen LogP contribution in [-0.2, 0) is 9.59 Å². The monoisotopic (exact) mass is 443 g/mol. The van der Waals surface area contributed by atoms with Gasteiger partial charge in [0, 0.05) is 12.1 Å². The van der Waals surface area contributed by atoms with Crippen LogP contribution in [0.4, 0.5) is 0 Å². The largest absolute Gasteiger partial charge is 0.507 e. The van der Waals surface area contributed by atoms with Crippen LogP contribution in [0, 0.1) is 0 Å². The molecule has 0 aliphatic carbocycles. The summed E-state index contributed by atoms with van der Waals surface area (Å²) in [5, 5.41) is 13.3. The van der Waals surface area contributed by atoms with E-state index >= 15 is 0 Å². The molecule has 0 bridgehead atoms. The number of ketones is 1. The number of amides is 1. The standard InChI is InChI=1S/C28H29NO4/c1-3-5-16-29-25(23-15-9-11-19-10-6-7-14-22(19)23)24(27(31)28(29)32)26(30)20-12-8-13-21(18-20)33-17-4-2/h6-15,18,25,30H,3-5,16-17H2,1-2H3/b26-24-. The molecule has 1 saturated heterocycles. The second kappa shape index (κ2) is 9.90. The molecule has 1 heterocycles. The second-order valence-electron chi connectivity index (χ2n) is 8.29. The molecule has 0 spiro atoms. The maximum atomic E-state index is 13.2. The molecule has 0 saturated carbocycles. The average molecular weight is 444 g/mol. The minimum Gasteiger partial charge on any atom is -0.507 e. The summed E-state index contributed by atoms with van der Waals surface area (Å²) >= 11 is 0. The van der Waals surface area contributed by atoms with Crippen LogP contribution in [0.3, 0.4) is 0 Å². The van der Waals surface area contributed by atoms with Crippen LogP contribution in [0.15, 0.2) is 72.3 Å². The molecular weight excluding hydrogens is 414 g/mol. The van der Waals surface area contributed by atoms with Gasteiger partial charge in [-0.25, -0.2) is 0 Å². The highest BCUT2D eigenvalue weighted by atomic mass is 16.5. The zero-order valence-corrected chi connectivity index (χ0v) is 19.1. The number of hydrogen-bond acceptors (Lipinski definition) is 4. The van der Waals surface area contributed by atoms with E-state index in [9.17, 15) is 14.7 Å². The number of nitrogens with zero attached hydrogens (tertiary/aromatic N) is 1. The number of aliphatic hydroxyl groups is 1. The summed E-state index contributed by atoms with van der Waals surface area (Å²) < 4.78 is 5.70. The van der Waals surface area contributed by atoms with Crippen LogP contribution in [0.1, 0.15) is 50.3 Å². The summed E-state index contributed by atoms with van der Waals surface area (Å²) in [6.45, 7) is 5.07. The molecule has 1 amide bonds. The van der Waals surface area contributed by atoms with E-state index < -0.39 is 17.7 Å². The molecule has 1 N–H and O–H groups in total. The van der Waals surface area contributed by atoms with E-state index in [1.165, 1.54) is 0 Å². The Balaban J connectivity index is 1.89. The van der Waals surface area contributed by atoms with Gasteiger partial charge in [0.15, 0.2) is 0 Å². The van der Waals surface area contributed by atoms with Crippen molar-refractivity contribution in [3.63, 3.8) is 0 Å². The molecule has 1 unspecified atom stereocenters. The van der Waals surface area contributed by atoms with Crippen LogP contribution in [-0.4, -0.2) is 34.8 Å². The summed E-state index contributed by atoms with van der Waals surface area (Å²) in [6.07, 6.45) is 2.52. The minimum atomic E-state index is -0.651. The lowest BCUT2D eigenvalue weighted by Crippen LogP contribution is -2.30. The van der Waals surface area contributed by atoms with Gasteiger partial charge >= 0.3 is 0 Å². The zero-order chi connectivity index (χ0) is 23.4. The Morgan fingerprint density at radius 1 is 0.970 bits per heavy atom. The summed E-state index contributed by atoms with van der Waals surface area (Å²) in [5.41, 5.74) is 1.42. The molecule has 33 heavy (non-hydrogen) atoms. The zero-order valence-electron chi connectivity index (χ0n) is 19.1. The summed E-state index contributed by atoms with van der Waals surface area (Å²) in [5.74, 6) is -0.780.